The maximum absolute atomic E-state index is 12.4. The second-order valence-corrected chi connectivity index (χ2v) is 4.65. The van der Waals surface area contributed by atoms with Gasteiger partial charge in [-0.05, 0) is 37.1 Å². The van der Waals surface area contributed by atoms with Crippen molar-refractivity contribution in [1.82, 2.24) is 0 Å². The quantitative estimate of drug-likeness (QED) is 0.842. The molecule has 20 heavy (non-hydrogen) atoms. The van der Waals surface area contributed by atoms with Crippen molar-refractivity contribution in [3.63, 3.8) is 0 Å². The molecule has 104 valence electrons. The summed E-state index contributed by atoms with van der Waals surface area (Å²) in [5, 5.41) is 2.91. The van der Waals surface area contributed by atoms with Crippen molar-refractivity contribution in [3.05, 3.63) is 53.1 Å². The highest BCUT2D eigenvalue weighted by atomic mass is 16.5. The van der Waals surface area contributed by atoms with Crippen molar-refractivity contribution in [2.45, 2.75) is 13.8 Å². The number of ether oxygens (including phenoxy) is 1. The van der Waals surface area contributed by atoms with Crippen molar-refractivity contribution in [1.29, 1.82) is 0 Å². The van der Waals surface area contributed by atoms with E-state index in [4.69, 9.17) is 10.5 Å². The fourth-order valence-electron chi connectivity index (χ4n) is 2.15. The Hall–Kier alpha value is -2.49. The molecule has 2 rings (SSSR count). The summed E-state index contributed by atoms with van der Waals surface area (Å²) in [6, 6.07) is 11.0. The van der Waals surface area contributed by atoms with E-state index in [1.807, 2.05) is 32.0 Å². The van der Waals surface area contributed by atoms with Crippen LogP contribution >= 0.6 is 0 Å². The van der Waals surface area contributed by atoms with Crippen LogP contribution in [-0.2, 0) is 0 Å². The zero-order valence-electron chi connectivity index (χ0n) is 11.9. The lowest BCUT2D eigenvalue weighted by Crippen LogP contribution is -2.16. The summed E-state index contributed by atoms with van der Waals surface area (Å²) in [5.41, 5.74) is 9.46. The Morgan fingerprint density at radius 1 is 1.10 bits per heavy atom. The summed E-state index contributed by atoms with van der Waals surface area (Å²) in [6.45, 7) is 3.91. The number of amides is 1. The van der Waals surface area contributed by atoms with Crippen LogP contribution in [0.2, 0.25) is 0 Å². The third-order valence-electron chi connectivity index (χ3n) is 3.23. The molecule has 0 saturated heterocycles. The summed E-state index contributed by atoms with van der Waals surface area (Å²) in [7, 11) is 1.52. The van der Waals surface area contributed by atoms with Gasteiger partial charge in [0.15, 0.2) is 0 Å². The third kappa shape index (κ3) is 2.59. The highest BCUT2D eigenvalue weighted by molar-refractivity contribution is 6.10. The number of carbonyl (C=O) groups is 1. The highest BCUT2D eigenvalue weighted by Gasteiger charge is 2.17. The smallest absolute Gasteiger partial charge is 0.261 e. The minimum atomic E-state index is -0.266. The van der Waals surface area contributed by atoms with E-state index >= 15 is 0 Å². The Bertz CT molecular complexity index is 631. The first-order valence-corrected chi connectivity index (χ1v) is 6.34. The first kappa shape index (κ1) is 13.9. The summed E-state index contributed by atoms with van der Waals surface area (Å²) in [6.07, 6.45) is 0. The SMILES string of the molecule is COc1cccc(N)c1C(=O)Nc1c(C)cccc1C. The van der Waals surface area contributed by atoms with Gasteiger partial charge in [0, 0.05) is 11.4 Å². The molecule has 0 aliphatic rings. The average molecular weight is 270 g/mol. The number of rotatable bonds is 3. The molecule has 4 heteroatoms. The monoisotopic (exact) mass is 270 g/mol. The Morgan fingerprint density at radius 2 is 1.70 bits per heavy atom. The van der Waals surface area contributed by atoms with Crippen molar-refractivity contribution in [2.75, 3.05) is 18.2 Å². The van der Waals surface area contributed by atoms with Crippen LogP contribution in [0.5, 0.6) is 5.75 Å². The molecule has 1 amide bonds. The first-order valence-electron chi connectivity index (χ1n) is 6.34. The molecular weight excluding hydrogens is 252 g/mol. The third-order valence-corrected chi connectivity index (χ3v) is 3.23. The molecule has 0 aromatic heterocycles. The number of para-hydroxylation sites is 1. The van der Waals surface area contributed by atoms with Crippen molar-refractivity contribution in [2.24, 2.45) is 0 Å². The van der Waals surface area contributed by atoms with Gasteiger partial charge < -0.3 is 15.8 Å². The number of methoxy groups -OCH3 is 1. The number of carbonyl (C=O) groups excluding carboxylic acids is 1. The molecular formula is C16H18N2O2. The number of benzene rings is 2. The molecule has 2 aromatic carbocycles. The summed E-state index contributed by atoms with van der Waals surface area (Å²) in [4.78, 5) is 12.4. The van der Waals surface area contributed by atoms with Gasteiger partial charge in [-0.15, -0.1) is 0 Å². The number of hydrogen-bond donors (Lipinski definition) is 2. The second-order valence-electron chi connectivity index (χ2n) is 4.65. The molecule has 2 aromatic rings. The van der Waals surface area contributed by atoms with Crippen LogP contribution in [0.15, 0.2) is 36.4 Å². The van der Waals surface area contributed by atoms with Crippen LogP contribution in [0.25, 0.3) is 0 Å². The minimum absolute atomic E-state index is 0.266. The molecule has 0 bridgehead atoms. The Labute approximate surface area is 118 Å². The summed E-state index contributed by atoms with van der Waals surface area (Å²) >= 11 is 0. The van der Waals surface area contributed by atoms with E-state index in [0.29, 0.717) is 17.0 Å². The molecule has 0 aliphatic heterocycles. The molecule has 0 radical (unpaired) electrons. The maximum atomic E-state index is 12.4. The first-order chi connectivity index (χ1) is 9.54. The lowest BCUT2D eigenvalue weighted by atomic mass is 10.1. The Morgan fingerprint density at radius 3 is 2.30 bits per heavy atom. The van der Waals surface area contributed by atoms with Gasteiger partial charge in [0.25, 0.3) is 5.91 Å². The Kier molecular flexibility index (Phi) is 3.94. The molecule has 0 atom stereocenters. The number of nitrogens with two attached hydrogens (primary N) is 1. The van der Waals surface area contributed by atoms with Crippen LogP contribution in [-0.4, -0.2) is 13.0 Å². The van der Waals surface area contributed by atoms with Crippen LogP contribution in [0.4, 0.5) is 11.4 Å². The fraction of sp³-hybridized carbons (Fsp3) is 0.188. The summed E-state index contributed by atoms with van der Waals surface area (Å²) < 4.78 is 5.20. The van der Waals surface area contributed by atoms with E-state index in [1.54, 1.807) is 18.2 Å². The van der Waals surface area contributed by atoms with Gasteiger partial charge in [0.2, 0.25) is 0 Å². The van der Waals surface area contributed by atoms with Crippen LogP contribution in [0.3, 0.4) is 0 Å². The lowest BCUT2D eigenvalue weighted by Gasteiger charge is -2.14. The summed E-state index contributed by atoms with van der Waals surface area (Å²) in [5.74, 6) is 0.200. The van der Waals surface area contributed by atoms with Crippen molar-refractivity contribution >= 4 is 17.3 Å². The van der Waals surface area contributed by atoms with Gasteiger partial charge in [0.1, 0.15) is 11.3 Å². The highest BCUT2D eigenvalue weighted by Crippen LogP contribution is 2.27. The molecule has 0 fully saturated rings. The van der Waals surface area contributed by atoms with E-state index in [9.17, 15) is 4.79 Å². The van der Waals surface area contributed by atoms with E-state index in [1.165, 1.54) is 7.11 Å². The number of nitrogens with one attached hydrogen (secondary N) is 1. The Balaban J connectivity index is 2.39. The van der Waals surface area contributed by atoms with E-state index in [2.05, 4.69) is 5.32 Å². The standard InChI is InChI=1S/C16H18N2O2/c1-10-6-4-7-11(2)15(10)18-16(19)14-12(17)8-5-9-13(14)20-3/h4-9H,17H2,1-3H3,(H,18,19). The second kappa shape index (κ2) is 5.65. The van der Waals surface area contributed by atoms with Crippen molar-refractivity contribution in [3.8, 4) is 5.75 Å². The normalized spacial score (nSPS) is 10.2. The average Bonchev–Trinajstić information content (AvgIpc) is 2.42. The molecule has 4 nitrogen and oxygen atoms in total. The van der Waals surface area contributed by atoms with Gasteiger partial charge in [-0.2, -0.15) is 0 Å². The van der Waals surface area contributed by atoms with Gasteiger partial charge >= 0.3 is 0 Å². The number of nitrogen functional groups attached to an aromatic ring is 1. The maximum Gasteiger partial charge on any atom is 0.261 e. The zero-order valence-corrected chi connectivity index (χ0v) is 11.9. The molecule has 3 N–H and O–H groups in total. The van der Waals surface area contributed by atoms with E-state index in [0.717, 1.165) is 16.8 Å². The zero-order chi connectivity index (χ0) is 14.7. The minimum Gasteiger partial charge on any atom is -0.496 e. The topological polar surface area (TPSA) is 64.3 Å². The lowest BCUT2D eigenvalue weighted by molar-refractivity contribution is 0.102. The fourth-order valence-corrected chi connectivity index (χ4v) is 2.15. The number of hydrogen-bond acceptors (Lipinski definition) is 3. The van der Waals surface area contributed by atoms with Crippen LogP contribution < -0.4 is 15.8 Å². The predicted molar refractivity (Wildman–Crippen MR) is 81.3 cm³/mol. The molecule has 0 heterocycles. The van der Waals surface area contributed by atoms with Crippen LogP contribution in [0, 0.1) is 13.8 Å². The van der Waals surface area contributed by atoms with Gasteiger partial charge in [0.05, 0.1) is 7.11 Å². The largest absolute Gasteiger partial charge is 0.496 e. The number of anilines is 2. The van der Waals surface area contributed by atoms with Gasteiger partial charge in [-0.3, -0.25) is 4.79 Å². The van der Waals surface area contributed by atoms with E-state index < -0.39 is 0 Å². The van der Waals surface area contributed by atoms with E-state index in [-0.39, 0.29) is 5.91 Å². The molecule has 0 unspecified atom stereocenters. The van der Waals surface area contributed by atoms with Gasteiger partial charge in [-0.1, -0.05) is 24.3 Å². The van der Waals surface area contributed by atoms with Gasteiger partial charge in [-0.25, -0.2) is 0 Å². The molecule has 0 saturated carbocycles. The predicted octanol–water partition coefficient (Wildman–Crippen LogP) is 3.15. The van der Waals surface area contributed by atoms with Crippen LogP contribution in [0.1, 0.15) is 21.5 Å². The molecule has 0 spiro atoms. The number of aryl methyl sites for hydroxylation is 2. The molecule has 0 aliphatic carbocycles. The van der Waals surface area contributed by atoms with Crippen molar-refractivity contribution < 1.29 is 9.53 Å².